The van der Waals surface area contributed by atoms with E-state index >= 15 is 0 Å². The van der Waals surface area contributed by atoms with Crippen molar-refractivity contribution in [2.45, 2.75) is 50.1 Å². The molecule has 0 amide bonds. The van der Waals surface area contributed by atoms with Gasteiger partial charge < -0.3 is 8.39 Å². The van der Waals surface area contributed by atoms with Gasteiger partial charge in [0, 0.05) is 33.2 Å². The molecule has 7 rings (SSSR count). The second-order valence-corrected chi connectivity index (χ2v) is 22.3. The van der Waals surface area contributed by atoms with E-state index in [1.165, 1.54) is 32.2 Å². The highest BCUT2D eigenvalue weighted by molar-refractivity contribution is 8.49. The summed E-state index contributed by atoms with van der Waals surface area (Å²) in [6.45, 7) is 9.82. The molecule has 2 unspecified atom stereocenters. The molecule has 1 heterocycles. The summed E-state index contributed by atoms with van der Waals surface area (Å²) >= 11 is 0. The van der Waals surface area contributed by atoms with Crippen molar-refractivity contribution in [2.75, 3.05) is 34.4 Å². The zero-order valence-electron chi connectivity index (χ0n) is 30.1. The van der Waals surface area contributed by atoms with Crippen LogP contribution in [0.3, 0.4) is 0 Å². The molecule has 256 valence electrons. The fourth-order valence-corrected chi connectivity index (χ4v) is 12.0. The van der Waals surface area contributed by atoms with Gasteiger partial charge in [-0.05, 0) is 81.5 Å². The van der Waals surface area contributed by atoms with E-state index in [9.17, 15) is 0 Å². The van der Waals surface area contributed by atoms with Crippen LogP contribution in [0.2, 0.25) is 0 Å². The quantitative estimate of drug-likeness (QED) is 0.132. The molecular formula is C43H47BNO2PS2. The van der Waals surface area contributed by atoms with Crippen molar-refractivity contribution >= 4 is 78.7 Å². The molecule has 0 aliphatic rings. The molecule has 3 nitrogen and oxygen atoms in total. The van der Waals surface area contributed by atoms with Crippen LogP contribution in [0.4, 0.5) is 0 Å². The predicted octanol–water partition coefficient (Wildman–Crippen LogP) is 13.2. The molecule has 0 spiro atoms. The molecular weight excluding hydrogens is 668 g/mol. The number of nitrogens with zero attached hydrogens (tertiary/aromatic N) is 1. The Balaban J connectivity index is 1.75. The standard InChI is InChI=1S/C43H47BNO2PS2/c1-7-49(5,8-2)38-28-34-24-16-18-26-36(34)40-41-37-27-19-17-25-35(37)29-39(50(6,44)9-3)43(41)47-48(46-42(38)40)45(30-32-20-12-10-13-21-32)31(4)33-22-14-11-15-23-33/h10-29,31H,7-9,30H2,1-6H3/t31-,48?/m1/s1. The summed E-state index contributed by atoms with van der Waals surface area (Å²) in [4.78, 5) is 2.42. The number of fused-ring (bicyclic) bond motifs is 7. The molecule has 0 aliphatic heterocycles. The zero-order valence-corrected chi connectivity index (χ0v) is 32.6. The highest BCUT2D eigenvalue weighted by Gasteiger charge is 2.30. The van der Waals surface area contributed by atoms with Crippen LogP contribution in [0.1, 0.15) is 44.9 Å². The van der Waals surface area contributed by atoms with Crippen molar-refractivity contribution in [2.24, 2.45) is 0 Å². The molecule has 0 aliphatic carbocycles. The van der Waals surface area contributed by atoms with Crippen LogP contribution in [0.5, 0.6) is 0 Å². The van der Waals surface area contributed by atoms with Crippen molar-refractivity contribution in [3.63, 3.8) is 0 Å². The Kier molecular flexibility index (Phi) is 9.93. The molecule has 50 heavy (non-hydrogen) atoms. The molecule has 0 saturated heterocycles. The summed E-state index contributed by atoms with van der Waals surface area (Å²) in [5, 5.41) is 6.99. The number of rotatable bonds is 10. The summed E-state index contributed by atoms with van der Waals surface area (Å²) in [5.41, 5.74) is 4.29. The van der Waals surface area contributed by atoms with Crippen molar-refractivity contribution in [1.29, 1.82) is 0 Å². The van der Waals surface area contributed by atoms with Gasteiger partial charge in [0.1, 0.15) is 7.12 Å². The smallest absolute Gasteiger partial charge is 0.310 e. The Hall–Kier alpha value is -3.54. The van der Waals surface area contributed by atoms with Gasteiger partial charge in [-0.15, -0.1) is 0 Å². The van der Waals surface area contributed by atoms with E-state index in [2.05, 4.69) is 166 Å². The van der Waals surface area contributed by atoms with Gasteiger partial charge in [-0.1, -0.05) is 130 Å². The topological polar surface area (TPSA) is 29.5 Å². The van der Waals surface area contributed by atoms with Crippen LogP contribution >= 0.6 is 28.1 Å². The van der Waals surface area contributed by atoms with Crippen LogP contribution in [-0.2, 0) is 6.54 Å². The third kappa shape index (κ3) is 6.30. The van der Waals surface area contributed by atoms with Gasteiger partial charge in [-0.2, -0.15) is 4.67 Å². The lowest BCUT2D eigenvalue weighted by atomic mass is 9.98. The fourth-order valence-electron chi connectivity index (χ4n) is 6.96. The van der Waals surface area contributed by atoms with Crippen molar-refractivity contribution in [3.05, 3.63) is 132 Å². The molecule has 0 bridgehead atoms. The summed E-state index contributed by atoms with van der Waals surface area (Å²) in [6, 6.07) is 43.7. The lowest BCUT2D eigenvalue weighted by molar-refractivity contribution is 0.588. The van der Waals surface area contributed by atoms with Gasteiger partial charge in [0.25, 0.3) is 0 Å². The fraction of sp³-hybridized carbons (Fsp3) is 0.256. The monoisotopic (exact) mass is 715 g/mol. The van der Waals surface area contributed by atoms with Crippen LogP contribution in [0.25, 0.3) is 43.5 Å². The Labute approximate surface area is 302 Å². The minimum Gasteiger partial charge on any atom is -0.407 e. The van der Waals surface area contributed by atoms with Gasteiger partial charge >= 0.3 is 8.16 Å². The second kappa shape index (κ2) is 14.2. The maximum Gasteiger partial charge on any atom is 0.310 e. The van der Waals surface area contributed by atoms with Gasteiger partial charge in [-0.3, -0.25) is 9.88 Å². The highest BCUT2D eigenvalue weighted by atomic mass is 32.3. The van der Waals surface area contributed by atoms with E-state index in [0.717, 1.165) is 49.5 Å². The van der Waals surface area contributed by atoms with Crippen LogP contribution < -0.4 is 4.67 Å². The first-order chi connectivity index (χ1) is 24.2. The average Bonchev–Trinajstić information content (AvgIpc) is 3.34. The van der Waals surface area contributed by atoms with E-state index < -0.39 is 28.1 Å². The average molecular weight is 716 g/mol. The molecule has 0 fully saturated rings. The van der Waals surface area contributed by atoms with Gasteiger partial charge in [0.2, 0.25) is 0 Å². The predicted molar refractivity (Wildman–Crippen MR) is 225 cm³/mol. The van der Waals surface area contributed by atoms with Crippen LogP contribution in [-0.4, -0.2) is 36.9 Å². The Bertz CT molecular complexity index is 2340. The lowest BCUT2D eigenvalue weighted by Gasteiger charge is -2.34. The van der Waals surface area contributed by atoms with E-state index in [4.69, 9.17) is 15.5 Å². The zero-order chi connectivity index (χ0) is 35.0. The molecule has 0 saturated carbocycles. The van der Waals surface area contributed by atoms with Crippen LogP contribution in [0.15, 0.2) is 140 Å². The maximum atomic E-state index is 7.61. The molecule has 2 radical (unpaired) electrons. The van der Waals surface area contributed by atoms with Gasteiger partial charge in [0.05, 0.1) is 0 Å². The molecule has 7 heteroatoms. The van der Waals surface area contributed by atoms with Crippen LogP contribution in [0, 0.1) is 0 Å². The Morgan fingerprint density at radius 3 is 1.66 bits per heavy atom. The first-order valence-electron chi connectivity index (χ1n) is 17.6. The number of hydrogen-bond donors (Lipinski definition) is 0. The van der Waals surface area contributed by atoms with Gasteiger partial charge in [0.15, 0.2) is 11.2 Å². The Morgan fingerprint density at radius 2 is 1.12 bits per heavy atom. The first kappa shape index (κ1) is 34.9. The summed E-state index contributed by atoms with van der Waals surface area (Å²) in [7, 11) is 2.72. The molecule has 0 N–H and O–H groups in total. The molecule has 3 atom stereocenters. The number of hydrogen-bond acceptors (Lipinski definition) is 3. The minimum atomic E-state index is -1.71. The van der Waals surface area contributed by atoms with E-state index in [0.29, 0.717) is 6.54 Å². The molecule has 7 aromatic rings. The molecule has 6 aromatic carbocycles. The lowest BCUT2D eigenvalue weighted by Crippen LogP contribution is -2.23. The summed E-state index contributed by atoms with van der Waals surface area (Å²) < 4.78 is 17.6. The van der Waals surface area contributed by atoms with Crippen molar-refractivity contribution < 1.29 is 8.39 Å². The minimum absolute atomic E-state index is 0.0131. The van der Waals surface area contributed by atoms with Crippen molar-refractivity contribution in [1.82, 2.24) is 0 Å². The number of benzene rings is 6. The van der Waals surface area contributed by atoms with Gasteiger partial charge in [-0.25, -0.2) is 10.0 Å². The normalized spacial score (nSPS) is 15.4. The SMILES string of the molecule is [B]S(C)(CC)c1cc2ccccc2c2c1op(N(Cc1ccccc1)[C@H](C)c1ccccc1)oc1c(S(C)(CC)CC)cc3ccccc3c12. The van der Waals surface area contributed by atoms with E-state index in [1.807, 2.05) is 0 Å². The maximum absolute atomic E-state index is 7.61. The highest BCUT2D eigenvalue weighted by Crippen LogP contribution is 2.59. The largest absolute Gasteiger partial charge is 0.407 e. The molecule has 1 aromatic heterocycles. The third-order valence-electron chi connectivity index (χ3n) is 10.6. The van der Waals surface area contributed by atoms with E-state index in [1.54, 1.807) is 0 Å². The van der Waals surface area contributed by atoms with Crippen molar-refractivity contribution in [3.8, 4) is 0 Å². The second-order valence-electron chi connectivity index (χ2n) is 13.5. The first-order valence-corrected chi connectivity index (χ1v) is 23.4. The summed E-state index contributed by atoms with van der Waals surface area (Å²) in [5.74, 6) is 2.98. The Morgan fingerprint density at radius 1 is 0.640 bits per heavy atom. The summed E-state index contributed by atoms with van der Waals surface area (Å²) in [6.07, 6.45) is 4.69. The third-order valence-corrected chi connectivity index (χ3v) is 18.6. The van der Waals surface area contributed by atoms with E-state index in [-0.39, 0.29) is 6.04 Å².